The van der Waals surface area contributed by atoms with E-state index in [2.05, 4.69) is 39.6 Å². The van der Waals surface area contributed by atoms with Crippen molar-refractivity contribution < 1.29 is 0 Å². The van der Waals surface area contributed by atoms with Gasteiger partial charge in [0.05, 0.1) is 10.7 Å². The van der Waals surface area contributed by atoms with E-state index in [1.165, 1.54) is 9.88 Å². The molecule has 1 atom stereocenters. The van der Waals surface area contributed by atoms with Crippen LogP contribution in [0.2, 0.25) is 0 Å². The van der Waals surface area contributed by atoms with Gasteiger partial charge in [-0.15, -0.1) is 11.3 Å². The van der Waals surface area contributed by atoms with Crippen molar-refractivity contribution >= 4 is 11.3 Å². The highest BCUT2D eigenvalue weighted by atomic mass is 32.1. The van der Waals surface area contributed by atoms with Gasteiger partial charge in [0.15, 0.2) is 0 Å². The summed E-state index contributed by atoms with van der Waals surface area (Å²) >= 11 is 1.81. The Kier molecular flexibility index (Phi) is 3.32. The van der Waals surface area contributed by atoms with Gasteiger partial charge in [-0.1, -0.05) is 27.7 Å². The Hall–Kier alpha value is -0.410. The number of aryl methyl sites for hydroxylation is 1. The number of hydrogen-bond donors (Lipinski definition) is 1. The fourth-order valence-electron chi connectivity index (χ4n) is 1.29. The van der Waals surface area contributed by atoms with Crippen molar-refractivity contribution in [3.05, 3.63) is 15.6 Å². The summed E-state index contributed by atoms with van der Waals surface area (Å²) in [4.78, 5) is 5.96. The molecule has 0 aliphatic heterocycles. The number of hydrogen-bond acceptors (Lipinski definition) is 3. The quantitative estimate of drug-likeness (QED) is 0.818. The second-order valence-electron chi connectivity index (χ2n) is 4.86. The summed E-state index contributed by atoms with van der Waals surface area (Å²) in [6.07, 6.45) is 0. The van der Waals surface area contributed by atoms with Crippen LogP contribution in [0.15, 0.2) is 0 Å². The predicted octanol–water partition coefficient (Wildman–Crippen LogP) is 2.81. The highest BCUT2D eigenvalue weighted by Gasteiger charge is 2.21. The molecule has 3 heteroatoms. The molecule has 1 aromatic heterocycles. The van der Waals surface area contributed by atoms with Crippen LogP contribution >= 0.6 is 11.3 Å². The summed E-state index contributed by atoms with van der Waals surface area (Å²) in [6.45, 7) is 11.5. The van der Waals surface area contributed by atoms with Gasteiger partial charge < -0.3 is 5.73 Å². The van der Waals surface area contributed by atoms with E-state index >= 15 is 0 Å². The Morgan fingerprint density at radius 2 is 2.00 bits per heavy atom. The molecule has 1 aromatic rings. The van der Waals surface area contributed by atoms with Gasteiger partial charge in [0.25, 0.3) is 0 Å². The summed E-state index contributed by atoms with van der Waals surface area (Å²) < 4.78 is 0. The van der Waals surface area contributed by atoms with E-state index in [9.17, 15) is 0 Å². The molecule has 0 fully saturated rings. The first-order chi connectivity index (χ1) is 6.36. The lowest BCUT2D eigenvalue weighted by Gasteiger charge is -2.13. The Morgan fingerprint density at radius 1 is 1.43 bits per heavy atom. The average Bonchev–Trinajstić information content (AvgIpc) is 2.45. The van der Waals surface area contributed by atoms with E-state index in [-0.39, 0.29) is 5.41 Å². The lowest BCUT2D eigenvalue weighted by Crippen LogP contribution is -2.10. The third-order valence-corrected chi connectivity index (χ3v) is 4.09. The van der Waals surface area contributed by atoms with Crippen LogP contribution in [0.1, 0.15) is 49.2 Å². The third-order valence-electron chi connectivity index (χ3n) is 2.28. The van der Waals surface area contributed by atoms with Crippen molar-refractivity contribution in [2.24, 2.45) is 5.73 Å². The summed E-state index contributed by atoms with van der Waals surface area (Å²) in [6, 6.07) is 0. The van der Waals surface area contributed by atoms with Crippen molar-refractivity contribution in [3.63, 3.8) is 0 Å². The third kappa shape index (κ3) is 2.34. The van der Waals surface area contributed by atoms with Crippen LogP contribution in [-0.4, -0.2) is 11.5 Å². The number of nitrogens with zero attached hydrogens (tertiary/aromatic N) is 1. The van der Waals surface area contributed by atoms with Crippen LogP contribution in [0.5, 0.6) is 0 Å². The molecule has 0 amide bonds. The van der Waals surface area contributed by atoms with Crippen molar-refractivity contribution in [1.82, 2.24) is 4.98 Å². The molecule has 1 unspecified atom stereocenters. The fraction of sp³-hybridized carbons (Fsp3) is 0.727. The standard InChI is InChI=1S/C11H20N2S/c1-7(6-12)9-8(2)13-10(14-9)11(3,4)5/h7H,6,12H2,1-5H3. The molecule has 0 saturated heterocycles. The summed E-state index contributed by atoms with van der Waals surface area (Å²) in [5.74, 6) is 0.434. The first-order valence-corrected chi connectivity index (χ1v) is 5.85. The van der Waals surface area contributed by atoms with Gasteiger partial charge in [-0.3, -0.25) is 0 Å². The zero-order valence-corrected chi connectivity index (χ0v) is 10.5. The minimum absolute atomic E-state index is 0.155. The van der Waals surface area contributed by atoms with Crippen molar-refractivity contribution in [3.8, 4) is 0 Å². The molecule has 1 heterocycles. The Balaban J connectivity index is 3.05. The molecule has 0 aromatic carbocycles. The van der Waals surface area contributed by atoms with Gasteiger partial charge in [0.1, 0.15) is 0 Å². The normalized spacial score (nSPS) is 14.4. The van der Waals surface area contributed by atoms with Crippen LogP contribution in [0.25, 0.3) is 0 Å². The smallest absolute Gasteiger partial charge is 0.0984 e. The highest BCUT2D eigenvalue weighted by molar-refractivity contribution is 7.12. The molecule has 1 rings (SSSR count). The number of aromatic nitrogens is 1. The van der Waals surface area contributed by atoms with Gasteiger partial charge in [-0.2, -0.15) is 0 Å². The molecule has 14 heavy (non-hydrogen) atoms. The molecule has 80 valence electrons. The molecular formula is C11H20N2S. The SMILES string of the molecule is Cc1nc(C(C)(C)C)sc1C(C)CN. The molecule has 0 radical (unpaired) electrons. The highest BCUT2D eigenvalue weighted by Crippen LogP contribution is 2.32. The van der Waals surface area contributed by atoms with Crippen LogP contribution in [0.4, 0.5) is 0 Å². The Bertz CT molecular complexity index is 310. The zero-order valence-electron chi connectivity index (χ0n) is 9.72. The van der Waals surface area contributed by atoms with Gasteiger partial charge in [0.2, 0.25) is 0 Å². The topological polar surface area (TPSA) is 38.9 Å². The molecule has 2 N–H and O–H groups in total. The van der Waals surface area contributed by atoms with Crippen LogP contribution in [0.3, 0.4) is 0 Å². The summed E-state index contributed by atoms with van der Waals surface area (Å²) in [5.41, 5.74) is 6.98. The minimum Gasteiger partial charge on any atom is -0.330 e. The van der Waals surface area contributed by atoms with E-state index in [1.807, 2.05) is 11.3 Å². The van der Waals surface area contributed by atoms with Crippen molar-refractivity contribution in [2.45, 2.75) is 46.0 Å². The lowest BCUT2D eigenvalue weighted by molar-refractivity contribution is 0.584. The van der Waals surface area contributed by atoms with Crippen LogP contribution in [-0.2, 0) is 5.41 Å². The molecule has 0 bridgehead atoms. The monoisotopic (exact) mass is 212 g/mol. The molecular weight excluding hydrogens is 192 g/mol. The molecule has 0 aliphatic carbocycles. The fourth-order valence-corrected chi connectivity index (χ4v) is 2.48. The van der Waals surface area contributed by atoms with E-state index in [0.29, 0.717) is 12.5 Å². The number of rotatable bonds is 2. The molecule has 2 nitrogen and oxygen atoms in total. The summed E-state index contributed by atoms with van der Waals surface area (Å²) in [7, 11) is 0. The van der Waals surface area contributed by atoms with E-state index in [4.69, 9.17) is 5.73 Å². The Labute approximate surface area is 90.6 Å². The summed E-state index contributed by atoms with van der Waals surface area (Å²) in [5, 5.41) is 1.21. The van der Waals surface area contributed by atoms with Gasteiger partial charge >= 0.3 is 0 Å². The van der Waals surface area contributed by atoms with Gasteiger partial charge in [-0.25, -0.2) is 4.98 Å². The second-order valence-corrected chi connectivity index (χ2v) is 5.89. The van der Waals surface area contributed by atoms with Crippen LogP contribution in [0, 0.1) is 6.92 Å². The predicted molar refractivity (Wildman–Crippen MR) is 63.0 cm³/mol. The largest absolute Gasteiger partial charge is 0.330 e. The van der Waals surface area contributed by atoms with E-state index in [1.54, 1.807) is 0 Å². The number of nitrogens with two attached hydrogens (primary N) is 1. The first-order valence-electron chi connectivity index (χ1n) is 5.04. The maximum absolute atomic E-state index is 5.67. The molecule has 0 spiro atoms. The van der Waals surface area contributed by atoms with Gasteiger partial charge in [-0.05, 0) is 13.5 Å². The second kappa shape index (κ2) is 3.99. The lowest BCUT2D eigenvalue weighted by atomic mass is 9.98. The van der Waals surface area contributed by atoms with Crippen molar-refractivity contribution in [1.29, 1.82) is 0 Å². The minimum atomic E-state index is 0.155. The maximum Gasteiger partial charge on any atom is 0.0984 e. The first kappa shape index (κ1) is 11.7. The maximum atomic E-state index is 5.67. The molecule has 0 aliphatic rings. The van der Waals surface area contributed by atoms with Gasteiger partial charge in [0, 0.05) is 16.2 Å². The molecule has 0 saturated carbocycles. The Morgan fingerprint density at radius 3 is 2.36 bits per heavy atom. The van der Waals surface area contributed by atoms with E-state index < -0.39 is 0 Å². The van der Waals surface area contributed by atoms with Crippen LogP contribution < -0.4 is 5.73 Å². The zero-order chi connectivity index (χ0) is 10.9. The number of thiazole rings is 1. The van der Waals surface area contributed by atoms with E-state index in [0.717, 1.165) is 5.69 Å². The average molecular weight is 212 g/mol. The van der Waals surface area contributed by atoms with Crippen molar-refractivity contribution in [2.75, 3.05) is 6.54 Å².